The molecular weight excluding hydrogens is 266 g/mol. The SMILES string of the molecule is Nc1ccc2c(c1)[C@H](O)c1cc(Br)ccc1-2. The zero-order valence-corrected chi connectivity index (χ0v) is 10.0. The van der Waals surface area contributed by atoms with Crippen molar-refractivity contribution in [1.82, 2.24) is 0 Å². The van der Waals surface area contributed by atoms with Crippen molar-refractivity contribution in [3.63, 3.8) is 0 Å². The predicted molar refractivity (Wildman–Crippen MR) is 68.1 cm³/mol. The zero-order chi connectivity index (χ0) is 11.3. The molecule has 3 N–H and O–H groups in total. The van der Waals surface area contributed by atoms with Crippen LogP contribution in [-0.2, 0) is 0 Å². The van der Waals surface area contributed by atoms with Gasteiger partial charge in [-0.1, -0.05) is 28.1 Å². The monoisotopic (exact) mass is 275 g/mol. The molecule has 3 rings (SSSR count). The third-order valence-corrected chi connectivity index (χ3v) is 3.46. The maximum absolute atomic E-state index is 10.2. The average molecular weight is 276 g/mol. The van der Waals surface area contributed by atoms with Crippen molar-refractivity contribution in [1.29, 1.82) is 0 Å². The first-order chi connectivity index (χ1) is 7.66. The number of nitrogen functional groups attached to an aromatic ring is 1. The summed E-state index contributed by atoms with van der Waals surface area (Å²) in [6.45, 7) is 0. The summed E-state index contributed by atoms with van der Waals surface area (Å²) in [7, 11) is 0. The molecule has 0 saturated heterocycles. The van der Waals surface area contributed by atoms with Gasteiger partial charge in [0.15, 0.2) is 0 Å². The maximum atomic E-state index is 10.2. The van der Waals surface area contributed by atoms with Gasteiger partial charge in [-0.3, -0.25) is 0 Å². The molecule has 0 aliphatic heterocycles. The van der Waals surface area contributed by atoms with Crippen molar-refractivity contribution in [3.05, 3.63) is 52.0 Å². The zero-order valence-electron chi connectivity index (χ0n) is 8.44. The minimum atomic E-state index is -0.564. The first kappa shape index (κ1) is 9.87. The Morgan fingerprint density at radius 1 is 1.00 bits per heavy atom. The summed E-state index contributed by atoms with van der Waals surface area (Å²) in [5.74, 6) is 0. The fourth-order valence-corrected chi connectivity index (χ4v) is 2.60. The van der Waals surface area contributed by atoms with E-state index in [0.717, 1.165) is 26.7 Å². The smallest absolute Gasteiger partial charge is 0.105 e. The third kappa shape index (κ3) is 1.29. The van der Waals surface area contributed by atoms with Crippen LogP contribution in [0.1, 0.15) is 17.2 Å². The van der Waals surface area contributed by atoms with E-state index in [9.17, 15) is 5.11 Å². The highest BCUT2D eigenvalue weighted by Gasteiger charge is 2.26. The fraction of sp³-hybridized carbons (Fsp3) is 0.0769. The number of nitrogens with two attached hydrogens (primary N) is 1. The first-order valence-electron chi connectivity index (χ1n) is 5.04. The minimum Gasteiger partial charge on any atom is -0.399 e. The molecule has 2 aromatic rings. The third-order valence-electron chi connectivity index (χ3n) is 2.97. The number of fused-ring (bicyclic) bond motifs is 3. The van der Waals surface area contributed by atoms with Crippen molar-refractivity contribution in [2.24, 2.45) is 0 Å². The van der Waals surface area contributed by atoms with E-state index in [4.69, 9.17) is 5.73 Å². The van der Waals surface area contributed by atoms with Crippen LogP contribution >= 0.6 is 15.9 Å². The van der Waals surface area contributed by atoms with E-state index in [1.54, 1.807) is 0 Å². The van der Waals surface area contributed by atoms with Gasteiger partial charge in [-0.15, -0.1) is 0 Å². The number of halogens is 1. The lowest BCUT2D eigenvalue weighted by Crippen LogP contribution is -1.95. The summed E-state index contributed by atoms with van der Waals surface area (Å²) in [4.78, 5) is 0. The summed E-state index contributed by atoms with van der Waals surface area (Å²) in [5, 5.41) is 10.2. The Kier molecular flexibility index (Phi) is 2.06. The number of hydrogen-bond donors (Lipinski definition) is 2. The number of benzene rings is 2. The topological polar surface area (TPSA) is 46.2 Å². The molecule has 0 heterocycles. The Morgan fingerprint density at radius 3 is 2.38 bits per heavy atom. The second kappa shape index (κ2) is 3.34. The minimum absolute atomic E-state index is 0.564. The Balaban J connectivity index is 2.30. The molecular formula is C13H10BrNO. The number of hydrogen-bond acceptors (Lipinski definition) is 2. The molecule has 0 saturated carbocycles. The van der Waals surface area contributed by atoms with Gasteiger partial charge in [-0.05, 0) is 46.5 Å². The molecule has 1 atom stereocenters. The largest absolute Gasteiger partial charge is 0.399 e. The first-order valence-corrected chi connectivity index (χ1v) is 5.83. The normalized spacial score (nSPS) is 17.0. The summed E-state index contributed by atoms with van der Waals surface area (Å²) in [5.41, 5.74) is 10.4. The molecule has 2 aromatic carbocycles. The van der Waals surface area contributed by atoms with E-state index in [2.05, 4.69) is 15.9 Å². The van der Waals surface area contributed by atoms with E-state index in [1.165, 1.54) is 0 Å². The van der Waals surface area contributed by atoms with Gasteiger partial charge in [0.05, 0.1) is 0 Å². The summed E-state index contributed by atoms with van der Waals surface area (Å²) in [6, 6.07) is 11.6. The molecule has 16 heavy (non-hydrogen) atoms. The van der Waals surface area contributed by atoms with Crippen LogP contribution in [0.3, 0.4) is 0 Å². The van der Waals surface area contributed by atoms with Gasteiger partial charge >= 0.3 is 0 Å². The summed E-state index contributed by atoms with van der Waals surface area (Å²) < 4.78 is 0.978. The van der Waals surface area contributed by atoms with E-state index in [0.29, 0.717) is 5.69 Å². The van der Waals surface area contributed by atoms with Gasteiger partial charge in [0.25, 0.3) is 0 Å². The lowest BCUT2D eigenvalue weighted by atomic mass is 10.1. The molecule has 2 nitrogen and oxygen atoms in total. The van der Waals surface area contributed by atoms with E-state index in [1.807, 2.05) is 36.4 Å². The Bertz CT molecular complexity index is 529. The Labute approximate surface area is 102 Å². The van der Waals surface area contributed by atoms with Crippen LogP contribution in [0.15, 0.2) is 40.9 Å². The van der Waals surface area contributed by atoms with Gasteiger partial charge in [-0.2, -0.15) is 0 Å². The quantitative estimate of drug-likeness (QED) is 0.726. The van der Waals surface area contributed by atoms with Crippen LogP contribution in [0.4, 0.5) is 5.69 Å². The van der Waals surface area contributed by atoms with Crippen LogP contribution in [-0.4, -0.2) is 5.11 Å². The number of rotatable bonds is 0. The van der Waals surface area contributed by atoms with Crippen molar-refractivity contribution >= 4 is 21.6 Å². The van der Waals surface area contributed by atoms with Gasteiger partial charge < -0.3 is 10.8 Å². The second-order valence-corrected chi connectivity index (χ2v) is 4.90. The molecule has 0 aromatic heterocycles. The molecule has 3 heteroatoms. The highest BCUT2D eigenvalue weighted by atomic mass is 79.9. The molecule has 1 aliphatic rings. The van der Waals surface area contributed by atoms with Gasteiger partial charge in [-0.25, -0.2) is 0 Å². The van der Waals surface area contributed by atoms with Crippen LogP contribution in [0.2, 0.25) is 0 Å². The van der Waals surface area contributed by atoms with Crippen LogP contribution < -0.4 is 5.73 Å². The summed E-state index contributed by atoms with van der Waals surface area (Å²) >= 11 is 3.42. The maximum Gasteiger partial charge on any atom is 0.105 e. The fourth-order valence-electron chi connectivity index (χ4n) is 2.23. The van der Waals surface area contributed by atoms with Crippen LogP contribution in [0.5, 0.6) is 0 Å². The Morgan fingerprint density at radius 2 is 1.62 bits per heavy atom. The van der Waals surface area contributed by atoms with Gasteiger partial charge in [0.1, 0.15) is 6.10 Å². The molecule has 0 spiro atoms. The van der Waals surface area contributed by atoms with Crippen molar-refractivity contribution in [3.8, 4) is 11.1 Å². The van der Waals surface area contributed by atoms with Gasteiger partial charge in [0, 0.05) is 10.2 Å². The molecule has 0 unspecified atom stereocenters. The standard InChI is InChI=1S/C13H10BrNO/c14-7-1-3-9-10-4-2-8(15)6-12(10)13(16)11(9)5-7/h1-6,13,16H,15H2/t13-/m1/s1. The molecule has 0 amide bonds. The lowest BCUT2D eigenvalue weighted by Gasteiger charge is -2.05. The number of anilines is 1. The van der Waals surface area contributed by atoms with Gasteiger partial charge in [0.2, 0.25) is 0 Å². The average Bonchev–Trinajstić information content (AvgIpc) is 2.53. The van der Waals surface area contributed by atoms with Crippen LogP contribution in [0, 0.1) is 0 Å². The molecule has 80 valence electrons. The molecule has 0 fully saturated rings. The second-order valence-electron chi connectivity index (χ2n) is 3.98. The van der Waals surface area contributed by atoms with Crippen LogP contribution in [0.25, 0.3) is 11.1 Å². The molecule has 1 aliphatic carbocycles. The number of aliphatic hydroxyl groups excluding tert-OH is 1. The molecule has 0 bridgehead atoms. The highest BCUT2D eigenvalue weighted by Crippen LogP contribution is 2.44. The number of aliphatic hydroxyl groups is 1. The lowest BCUT2D eigenvalue weighted by molar-refractivity contribution is 0.225. The van der Waals surface area contributed by atoms with E-state index < -0.39 is 6.10 Å². The van der Waals surface area contributed by atoms with E-state index >= 15 is 0 Å². The Hall–Kier alpha value is -1.32. The van der Waals surface area contributed by atoms with Crippen molar-refractivity contribution < 1.29 is 5.11 Å². The van der Waals surface area contributed by atoms with Crippen molar-refractivity contribution in [2.45, 2.75) is 6.10 Å². The predicted octanol–water partition coefficient (Wildman–Crippen LogP) is 3.09. The van der Waals surface area contributed by atoms with Crippen molar-refractivity contribution in [2.75, 3.05) is 5.73 Å². The van der Waals surface area contributed by atoms with E-state index in [-0.39, 0.29) is 0 Å². The summed E-state index contributed by atoms with van der Waals surface area (Å²) in [6.07, 6.45) is -0.564. The highest BCUT2D eigenvalue weighted by molar-refractivity contribution is 9.10. The molecule has 0 radical (unpaired) electrons.